The van der Waals surface area contributed by atoms with Gasteiger partial charge in [-0.25, -0.2) is 0 Å². The molecule has 2 aliphatic heterocycles. The van der Waals surface area contributed by atoms with Crippen molar-refractivity contribution in [1.29, 1.82) is 0 Å². The summed E-state index contributed by atoms with van der Waals surface area (Å²) in [6, 6.07) is 16.6. The van der Waals surface area contributed by atoms with Gasteiger partial charge < -0.3 is 34.2 Å². The molecule has 10 nitrogen and oxygen atoms in total. The van der Waals surface area contributed by atoms with Gasteiger partial charge in [-0.05, 0) is 48.2 Å². The van der Waals surface area contributed by atoms with E-state index < -0.39 is 17.9 Å². The molecule has 198 valence electrons. The van der Waals surface area contributed by atoms with E-state index in [9.17, 15) is 14.4 Å². The van der Waals surface area contributed by atoms with Crippen molar-refractivity contribution < 1.29 is 33.0 Å². The average Bonchev–Trinajstić information content (AvgIpc) is 3.73. The van der Waals surface area contributed by atoms with Crippen molar-refractivity contribution in [3.8, 4) is 11.5 Å². The number of fused-ring (bicyclic) bond motifs is 1. The molecule has 2 atom stereocenters. The predicted octanol–water partition coefficient (Wildman–Crippen LogP) is 2.80. The normalized spacial score (nSPS) is 16.6. The van der Waals surface area contributed by atoms with Gasteiger partial charge in [0.1, 0.15) is 6.04 Å². The molecule has 1 aromatic heterocycles. The Labute approximate surface area is 219 Å². The van der Waals surface area contributed by atoms with Crippen molar-refractivity contribution in [3.05, 3.63) is 83.8 Å². The zero-order chi connectivity index (χ0) is 26.3. The van der Waals surface area contributed by atoms with E-state index in [2.05, 4.69) is 10.6 Å². The van der Waals surface area contributed by atoms with Crippen LogP contribution in [-0.4, -0.2) is 55.2 Å². The first kappa shape index (κ1) is 25.3. The summed E-state index contributed by atoms with van der Waals surface area (Å²) in [4.78, 5) is 41.2. The lowest BCUT2D eigenvalue weighted by Gasteiger charge is -2.32. The van der Waals surface area contributed by atoms with Gasteiger partial charge in [-0.15, -0.1) is 0 Å². The molecule has 1 fully saturated rings. The Morgan fingerprint density at radius 2 is 1.82 bits per heavy atom. The van der Waals surface area contributed by atoms with Gasteiger partial charge in [-0.2, -0.15) is 0 Å². The lowest BCUT2D eigenvalue weighted by Crippen LogP contribution is -2.48. The van der Waals surface area contributed by atoms with E-state index in [0.29, 0.717) is 30.2 Å². The van der Waals surface area contributed by atoms with Gasteiger partial charge in [0.25, 0.3) is 5.91 Å². The lowest BCUT2D eigenvalue weighted by molar-refractivity contribution is -0.141. The summed E-state index contributed by atoms with van der Waals surface area (Å²) in [6.07, 6.45) is 3.15. The molecular weight excluding hydrogens is 490 g/mol. The highest BCUT2D eigenvalue weighted by Crippen LogP contribution is 2.34. The van der Waals surface area contributed by atoms with E-state index in [4.69, 9.17) is 18.6 Å². The smallest absolute Gasteiger partial charge is 0.287 e. The van der Waals surface area contributed by atoms with E-state index in [1.165, 1.54) is 17.2 Å². The van der Waals surface area contributed by atoms with E-state index >= 15 is 0 Å². The zero-order valence-corrected chi connectivity index (χ0v) is 20.8. The fraction of sp³-hybridized carbons (Fsp3) is 0.321. The first-order chi connectivity index (χ1) is 18.6. The Hall–Kier alpha value is -4.31. The molecule has 38 heavy (non-hydrogen) atoms. The molecule has 3 heterocycles. The van der Waals surface area contributed by atoms with Crippen LogP contribution in [0, 0.1) is 0 Å². The third-order valence-electron chi connectivity index (χ3n) is 6.46. The minimum atomic E-state index is -0.948. The van der Waals surface area contributed by atoms with Gasteiger partial charge in [-0.1, -0.05) is 36.4 Å². The molecular formula is C28H29N3O7. The number of nitrogens with one attached hydrogen (secondary N) is 2. The molecule has 0 spiro atoms. The van der Waals surface area contributed by atoms with Crippen LogP contribution in [0.1, 0.15) is 40.6 Å². The topological polar surface area (TPSA) is 119 Å². The summed E-state index contributed by atoms with van der Waals surface area (Å²) in [5.41, 5.74) is 1.39. The molecule has 5 rings (SSSR count). The number of carbonyl (C=O) groups excluding carboxylic acids is 3. The molecule has 2 aliphatic rings. The van der Waals surface area contributed by atoms with Crippen LogP contribution in [0.4, 0.5) is 0 Å². The molecule has 10 heteroatoms. The number of amides is 3. The number of rotatable bonds is 10. The first-order valence-electron chi connectivity index (χ1n) is 12.5. The third-order valence-corrected chi connectivity index (χ3v) is 6.46. The van der Waals surface area contributed by atoms with Gasteiger partial charge in [0.2, 0.25) is 18.6 Å². The van der Waals surface area contributed by atoms with Crippen molar-refractivity contribution in [2.75, 3.05) is 26.5 Å². The fourth-order valence-corrected chi connectivity index (χ4v) is 4.54. The lowest BCUT2D eigenvalue weighted by atomic mass is 10.0. The van der Waals surface area contributed by atoms with Crippen LogP contribution < -0.4 is 20.1 Å². The second-order valence-electron chi connectivity index (χ2n) is 9.06. The second kappa shape index (κ2) is 11.8. The van der Waals surface area contributed by atoms with Crippen LogP contribution >= 0.6 is 0 Å². The molecule has 1 saturated heterocycles. The Morgan fingerprint density at radius 3 is 2.58 bits per heavy atom. The molecule has 2 N–H and O–H groups in total. The molecule has 0 aliphatic carbocycles. The highest BCUT2D eigenvalue weighted by Gasteiger charge is 2.33. The van der Waals surface area contributed by atoms with Crippen LogP contribution in [0.15, 0.2) is 71.3 Å². The Bertz CT molecular complexity index is 1260. The maximum absolute atomic E-state index is 13.7. The predicted molar refractivity (Wildman–Crippen MR) is 135 cm³/mol. The van der Waals surface area contributed by atoms with Gasteiger partial charge >= 0.3 is 0 Å². The largest absolute Gasteiger partial charge is 0.459 e. The summed E-state index contributed by atoms with van der Waals surface area (Å²) in [5.74, 6) is -0.0206. The maximum atomic E-state index is 13.7. The van der Waals surface area contributed by atoms with E-state index in [1.54, 1.807) is 30.3 Å². The highest BCUT2D eigenvalue weighted by molar-refractivity contribution is 5.95. The molecule has 0 radical (unpaired) electrons. The number of hydrogen-bond donors (Lipinski definition) is 2. The van der Waals surface area contributed by atoms with Crippen LogP contribution in [0.2, 0.25) is 0 Å². The number of carbonyl (C=O) groups is 3. The SMILES string of the molecule is O=C(NCC(=O)N(Cc1ccc2c(c1)OCO2)[C@H](C(=O)NC[C@@H]1CCCO1)c1ccccc1)c1ccco1. The van der Waals surface area contributed by atoms with E-state index in [1.807, 2.05) is 24.3 Å². The summed E-state index contributed by atoms with van der Waals surface area (Å²) in [6.45, 7) is 0.917. The van der Waals surface area contributed by atoms with Gasteiger partial charge in [0.15, 0.2) is 17.3 Å². The average molecular weight is 520 g/mol. The monoisotopic (exact) mass is 519 g/mol. The Balaban J connectivity index is 1.41. The summed E-state index contributed by atoms with van der Waals surface area (Å²) < 4.78 is 21.7. The molecule has 2 aromatic carbocycles. The van der Waals surface area contributed by atoms with Crippen molar-refractivity contribution in [3.63, 3.8) is 0 Å². The van der Waals surface area contributed by atoms with E-state index in [0.717, 1.165) is 18.4 Å². The minimum absolute atomic E-state index is 0.0547. The standard InChI is InChI=1S/C28H29N3O7/c32-25(16-30-27(33)23-9-5-13-36-23)31(17-19-10-11-22-24(14-19)38-18-37-22)26(20-6-2-1-3-7-20)28(34)29-15-21-8-4-12-35-21/h1-3,5-7,9-11,13-14,21,26H,4,8,12,15-18H2,(H,29,34)(H,30,33)/t21-,26-/m0/s1. The first-order valence-corrected chi connectivity index (χ1v) is 12.5. The number of ether oxygens (including phenoxy) is 3. The number of nitrogens with zero attached hydrogens (tertiary/aromatic N) is 1. The van der Waals surface area contributed by atoms with Crippen molar-refractivity contribution in [2.45, 2.75) is 31.5 Å². The van der Waals surface area contributed by atoms with Crippen molar-refractivity contribution in [1.82, 2.24) is 15.5 Å². The highest BCUT2D eigenvalue weighted by atomic mass is 16.7. The quantitative estimate of drug-likeness (QED) is 0.423. The van der Waals surface area contributed by atoms with Gasteiger partial charge in [0, 0.05) is 19.7 Å². The summed E-state index contributed by atoms with van der Waals surface area (Å²) >= 11 is 0. The fourth-order valence-electron chi connectivity index (χ4n) is 4.54. The Kier molecular flexibility index (Phi) is 7.89. The third kappa shape index (κ3) is 5.97. The number of benzene rings is 2. The van der Waals surface area contributed by atoms with Crippen molar-refractivity contribution >= 4 is 17.7 Å². The zero-order valence-electron chi connectivity index (χ0n) is 20.8. The molecule has 3 amide bonds. The number of hydrogen-bond acceptors (Lipinski definition) is 7. The summed E-state index contributed by atoms with van der Waals surface area (Å²) in [5, 5.41) is 5.56. The molecule has 0 bridgehead atoms. The van der Waals surface area contributed by atoms with Crippen molar-refractivity contribution in [2.24, 2.45) is 0 Å². The molecule has 0 saturated carbocycles. The maximum Gasteiger partial charge on any atom is 0.287 e. The molecule has 0 unspecified atom stereocenters. The molecule has 3 aromatic rings. The van der Waals surface area contributed by atoms with E-state index in [-0.39, 0.29) is 37.7 Å². The minimum Gasteiger partial charge on any atom is -0.459 e. The summed E-state index contributed by atoms with van der Waals surface area (Å²) in [7, 11) is 0. The van der Waals surface area contributed by atoms with Crippen LogP contribution in [0.5, 0.6) is 11.5 Å². The van der Waals surface area contributed by atoms with Crippen LogP contribution in [-0.2, 0) is 20.9 Å². The second-order valence-corrected chi connectivity index (χ2v) is 9.06. The van der Waals surface area contributed by atoms with Gasteiger partial charge in [-0.3, -0.25) is 14.4 Å². The Morgan fingerprint density at radius 1 is 0.974 bits per heavy atom. The van der Waals surface area contributed by atoms with Crippen LogP contribution in [0.25, 0.3) is 0 Å². The van der Waals surface area contributed by atoms with Gasteiger partial charge in [0.05, 0.1) is 18.9 Å². The number of furan rings is 1. The van der Waals surface area contributed by atoms with Crippen LogP contribution in [0.3, 0.4) is 0 Å².